The fourth-order valence-electron chi connectivity index (χ4n) is 2.01. The van der Waals surface area contributed by atoms with Gasteiger partial charge in [0.15, 0.2) is 0 Å². The van der Waals surface area contributed by atoms with E-state index in [9.17, 15) is 4.79 Å². The molecule has 1 saturated heterocycles. The highest BCUT2D eigenvalue weighted by Gasteiger charge is 2.24. The monoisotopic (exact) mass is 343 g/mol. The van der Waals surface area contributed by atoms with Crippen molar-refractivity contribution in [2.24, 2.45) is 0 Å². The van der Waals surface area contributed by atoms with Crippen molar-refractivity contribution in [2.45, 2.75) is 12.6 Å². The molecule has 1 aromatic heterocycles. The first-order valence-corrected chi connectivity index (χ1v) is 7.15. The molecular weight excluding hydrogens is 326 g/mol. The topological polar surface area (TPSA) is 63.7 Å². The molecule has 1 N–H and O–H groups in total. The Kier molecular flexibility index (Phi) is 5.33. The number of nitrogens with zero attached hydrogens (tertiary/aromatic N) is 2. The first-order valence-electron chi connectivity index (χ1n) is 6.36. The van der Waals surface area contributed by atoms with Crippen LogP contribution in [0.1, 0.15) is 5.56 Å². The molecule has 110 valence electrons. The van der Waals surface area contributed by atoms with E-state index in [1.165, 1.54) is 0 Å². The maximum absolute atomic E-state index is 12.1. The summed E-state index contributed by atoms with van der Waals surface area (Å²) < 4.78 is 11.5. The van der Waals surface area contributed by atoms with E-state index < -0.39 is 6.10 Å². The highest BCUT2D eigenvalue weighted by molar-refractivity contribution is 9.10. The second-order valence-electron chi connectivity index (χ2n) is 4.66. The summed E-state index contributed by atoms with van der Waals surface area (Å²) in [7, 11) is 3.53. The van der Waals surface area contributed by atoms with Crippen molar-refractivity contribution in [2.75, 3.05) is 33.9 Å². The largest absolute Gasteiger partial charge is 0.481 e. The van der Waals surface area contributed by atoms with Crippen LogP contribution >= 0.6 is 15.9 Å². The molecule has 7 heteroatoms. The molecule has 0 aromatic carbocycles. The number of halogens is 1. The number of amides is 1. The molecule has 2 heterocycles. The average molecular weight is 344 g/mol. The number of rotatable bonds is 4. The van der Waals surface area contributed by atoms with Crippen LogP contribution in [0.4, 0.5) is 0 Å². The summed E-state index contributed by atoms with van der Waals surface area (Å²) in [5.74, 6) is 0.397. The zero-order chi connectivity index (χ0) is 14.5. The van der Waals surface area contributed by atoms with Crippen LogP contribution < -0.4 is 10.1 Å². The molecule has 1 aromatic rings. The van der Waals surface area contributed by atoms with E-state index in [1.54, 1.807) is 13.3 Å². The predicted molar refractivity (Wildman–Crippen MR) is 77.6 cm³/mol. The molecule has 0 spiro atoms. The Morgan fingerprint density at radius 3 is 3.20 bits per heavy atom. The summed E-state index contributed by atoms with van der Waals surface area (Å²) in [5, 5.41) is 2.86. The lowest BCUT2D eigenvalue weighted by molar-refractivity contribution is -0.138. The Bertz CT molecular complexity index is 484. The van der Waals surface area contributed by atoms with E-state index in [0.29, 0.717) is 25.6 Å². The number of carbonyl (C=O) groups is 1. The second kappa shape index (κ2) is 7.01. The summed E-state index contributed by atoms with van der Waals surface area (Å²) in [6.45, 7) is 2.40. The number of likely N-dealkylation sites (N-methyl/N-ethyl adjacent to an activating group) is 1. The molecule has 0 aliphatic carbocycles. The molecule has 0 radical (unpaired) electrons. The minimum absolute atomic E-state index is 0.112. The van der Waals surface area contributed by atoms with Gasteiger partial charge in [0.2, 0.25) is 5.88 Å². The number of hydrogen-bond acceptors (Lipinski definition) is 5. The van der Waals surface area contributed by atoms with Gasteiger partial charge in [-0.1, -0.05) is 0 Å². The maximum Gasteiger partial charge on any atom is 0.250 e. The lowest BCUT2D eigenvalue weighted by Crippen LogP contribution is -2.48. The molecule has 0 bridgehead atoms. The smallest absolute Gasteiger partial charge is 0.250 e. The highest BCUT2D eigenvalue weighted by Crippen LogP contribution is 2.19. The summed E-state index contributed by atoms with van der Waals surface area (Å²) in [6, 6.07) is 1.87. The number of methoxy groups -OCH3 is 1. The van der Waals surface area contributed by atoms with Crippen molar-refractivity contribution < 1.29 is 14.3 Å². The van der Waals surface area contributed by atoms with E-state index >= 15 is 0 Å². The quantitative estimate of drug-likeness (QED) is 0.876. The van der Waals surface area contributed by atoms with Crippen LogP contribution in [0.5, 0.6) is 5.88 Å². The Morgan fingerprint density at radius 2 is 2.50 bits per heavy atom. The molecule has 1 aliphatic rings. The van der Waals surface area contributed by atoms with Crippen molar-refractivity contribution in [1.82, 2.24) is 15.2 Å². The van der Waals surface area contributed by atoms with E-state index in [0.717, 1.165) is 16.6 Å². The van der Waals surface area contributed by atoms with Gasteiger partial charge in [-0.3, -0.25) is 4.79 Å². The average Bonchev–Trinajstić information content (AvgIpc) is 2.45. The Hall–Kier alpha value is -1.18. The molecule has 1 atom stereocenters. The van der Waals surface area contributed by atoms with Crippen molar-refractivity contribution in [1.29, 1.82) is 0 Å². The van der Waals surface area contributed by atoms with Gasteiger partial charge >= 0.3 is 0 Å². The predicted octanol–water partition coefficient (Wildman–Crippen LogP) is 0.799. The summed E-state index contributed by atoms with van der Waals surface area (Å²) in [4.78, 5) is 18.3. The van der Waals surface area contributed by atoms with Gasteiger partial charge in [-0.2, -0.15) is 0 Å². The van der Waals surface area contributed by atoms with E-state index in [4.69, 9.17) is 9.47 Å². The van der Waals surface area contributed by atoms with Crippen molar-refractivity contribution in [3.05, 3.63) is 22.3 Å². The van der Waals surface area contributed by atoms with E-state index in [2.05, 4.69) is 31.1 Å². The number of morpholine rings is 1. The molecule has 1 unspecified atom stereocenters. The molecule has 1 fully saturated rings. The number of ether oxygens (including phenoxy) is 2. The fraction of sp³-hybridized carbons (Fsp3) is 0.538. The third kappa shape index (κ3) is 3.91. The normalized spacial score (nSPS) is 19.6. The number of hydrogen-bond donors (Lipinski definition) is 1. The number of aromatic nitrogens is 1. The molecule has 1 aliphatic heterocycles. The van der Waals surface area contributed by atoms with Gasteiger partial charge in [0, 0.05) is 35.9 Å². The number of pyridine rings is 1. The van der Waals surface area contributed by atoms with Crippen LogP contribution in [-0.2, 0) is 16.1 Å². The van der Waals surface area contributed by atoms with Gasteiger partial charge in [-0.25, -0.2) is 4.98 Å². The summed E-state index contributed by atoms with van der Waals surface area (Å²) in [6.07, 6.45) is 1.24. The van der Waals surface area contributed by atoms with E-state index in [-0.39, 0.29) is 5.91 Å². The zero-order valence-electron chi connectivity index (χ0n) is 11.6. The third-order valence-electron chi connectivity index (χ3n) is 3.10. The lowest BCUT2D eigenvalue weighted by Gasteiger charge is -2.29. The maximum atomic E-state index is 12.1. The first-order chi connectivity index (χ1) is 9.60. The SMILES string of the molecule is COc1ncc(Br)cc1CNC(=O)C1CN(C)CCO1. The van der Waals surface area contributed by atoms with Crippen LogP contribution in [0, 0.1) is 0 Å². The lowest BCUT2D eigenvalue weighted by atomic mass is 10.2. The highest BCUT2D eigenvalue weighted by atomic mass is 79.9. The number of carbonyl (C=O) groups excluding carboxylic acids is 1. The van der Waals surface area contributed by atoms with Crippen LogP contribution in [0.15, 0.2) is 16.7 Å². The summed E-state index contributed by atoms with van der Waals surface area (Å²) >= 11 is 3.35. The minimum Gasteiger partial charge on any atom is -0.481 e. The minimum atomic E-state index is -0.417. The molecule has 6 nitrogen and oxygen atoms in total. The van der Waals surface area contributed by atoms with Gasteiger partial charge in [-0.05, 0) is 29.0 Å². The summed E-state index contributed by atoms with van der Waals surface area (Å²) in [5.41, 5.74) is 0.819. The van der Waals surface area contributed by atoms with Gasteiger partial charge in [0.25, 0.3) is 5.91 Å². The van der Waals surface area contributed by atoms with Crippen molar-refractivity contribution in [3.8, 4) is 5.88 Å². The third-order valence-corrected chi connectivity index (χ3v) is 3.53. The van der Waals surface area contributed by atoms with Gasteiger partial charge in [-0.15, -0.1) is 0 Å². The van der Waals surface area contributed by atoms with Gasteiger partial charge < -0.3 is 19.7 Å². The van der Waals surface area contributed by atoms with Crippen molar-refractivity contribution >= 4 is 21.8 Å². The van der Waals surface area contributed by atoms with Crippen LogP contribution in [0.3, 0.4) is 0 Å². The first kappa shape index (κ1) is 15.2. The van der Waals surface area contributed by atoms with Gasteiger partial charge in [0.1, 0.15) is 6.10 Å². The van der Waals surface area contributed by atoms with Gasteiger partial charge in [0.05, 0.1) is 13.7 Å². The van der Waals surface area contributed by atoms with E-state index in [1.807, 2.05) is 13.1 Å². The van der Waals surface area contributed by atoms with Crippen LogP contribution in [0.2, 0.25) is 0 Å². The Labute approximate surface area is 126 Å². The Morgan fingerprint density at radius 1 is 1.70 bits per heavy atom. The fourth-order valence-corrected chi connectivity index (χ4v) is 2.39. The molecule has 1 amide bonds. The van der Waals surface area contributed by atoms with Crippen LogP contribution in [0.25, 0.3) is 0 Å². The van der Waals surface area contributed by atoms with Crippen molar-refractivity contribution in [3.63, 3.8) is 0 Å². The second-order valence-corrected chi connectivity index (χ2v) is 5.58. The molecule has 0 saturated carbocycles. The molecule has 2 rings (SSSR count). The van der Waals surface area contributed by atoms with Crippen LogP contribution in [-0.4, -0.2) is 55.7 Å². The Balaban J connectivity index is 1.94. The molecule has 20 heavy (non-hydrogen) atoms. The standard InChI is InChI=1S/C13H18BrN3O3/c1-17-3-4-20-11(8-17)12(18)15-6-9-5-10(14)7-16-13(9)19-2/h5,7,11H,3-4,6,8H2,1-2H3,(H,15,18). The number of nitrogens with one attached hydrogen (secondary N) is 1. The molecular formula is C13H18BrN3O3. The zero-order valence-corrected chi connectivity index (χ0v) is 13.1.